The fraction of sp³-hybridized carbons (Fsp3) is 0.765. The van der Waals surface area contributed by atoms with Gasteiger partial charge in [0.2, 0.25) is 0 Å². The van der Waals surface area contributed by atoms with E-state index in [1.165, 1.54) is 57.1 Å². The Morgan fingerprint density at radius 2 is 1.81 bits per heavy atom. The standard InChI is InChI=1S/C17H28N4/c18-10-5-11-19-15-12-20-17(14-8-4-9-14)21-16(15)13-6-2-1-3-7-13/h12-14,19H,1-11,18H2. The van der Waals surface area contributed by atoms with Crippen LogP contribution in [0, 0.1) is 0 Å². The monoisotopic (exact) mass is 288 g/mol. The minimum absolute atomic E-state index is 0.616. The van der Waals surface area contributed by atoms with Crippen molar-refractivity contribution >= 4 is 5.69 Å². The Kier molecular flexibility index (Phi) is 5.07. The van der Waals surface area contributed by atoms with Gasteiger partial charge in [0.15, 0.2) is 0 Å². The third kappa shape index (κ3) is 3.54. The molecule has 4 heteroatoms. The van der Waals surface area contributed by atoms with Crippen molar-refractivity contribution in [3.63, 3.8) is 0 Å². The highest BCUT2D eigenvalue weighted by atomic mass is 15.0. The maximum Gasteiger partial charge on any atom is 0.131 e. The highest BCUT2D eigenvalue weighted by Gasteiger charge is 2.26. The van der Waals surface area contributed by atoms with Gasteiger partial charge < -0.3 is 11.1 Å². The quantitative estimate of drug-likeness (QED) is 0.786. The SMILES string of the molecule is NCCCNc1cnc(C2CCC2)nc1C1CCCCC1. The lowest BCUT2D eigenvalue weighted by Crippen LogP contribution is -2.18. The fourth-order valence-electron chi connectivity index (χ4n) is 3.42. The minimum atomic E-state index is 0.616. The van der Waals surface area contributed by atoms with Crippen molar-refractivity contribution in [3.05, 3.63) is 17.7 Å². The maximum absolute atomic E-state index is 5.59. The summed E-state index contributed by atoms with van der Waals surface area (Å²) in [6.45, 7) is 1.65. The molecule has 0 spiro atoms. The first-order chi connectivity index (χ1) is 10.4. The van der Waals surface area contributed by atoms with Crippen LogP contribution in [0.3, 0.4) is 0 Å². The molecule has 1 heterocycles. The van der Waals surface area contributed by atoms with E-state index in [4.69, 9.17) is 10.7 Å². The molecule has 0 unspecified atom stereocenters. The number of anilines is 1. The molecule has 1 aromatic rings. The second-order valence-corrected chi connectivity index (χ2v) is 6.56. The van der Waals surface area contributed by atoms with Crippen molar-refractivity contribution in [2.45, 2.75) is 69.6 Å². The van der Waals surface area contributed by atoms with Gasteiger partial charge in [0.25, 0.3) is 0 Å². The zero-order valence-corrected chi connectivity index (χ0v) is 13.0. The molecule has 1 aromatic heterocycles. The summed E-state index contributed by atoms with van der Waals surface area (Å²) in [7, 11) is 0. The van der Waals surface area contributed by atoms with Crippen LogP contribution in [-0.2, 0) is 0 Å². The van der Waals surface area contributed by atoms with Crippen LogP contribution >= 0.6 is 0 Å². The van der Waals surface area contributed by atoms with E-state index in [2.05, 4.69) is 10.3 Å². The van der Waals surface area contributed by atoms with E-state index >= 15 is 0 Å². The van der Waals surface area contributed by atoms with Crippen molar-refractivity contribution in [1.29, 1.82) is 0 Å². The predicted octanol–water partition coefficient (Wildman–Crippen LogP) is 3.55. The fourth-order valence-corrected chi connectivity index (χ4v) is 3.42. The molecule has 0 saturated heterocycles. The van der Waals surface area contributed by atoms with Crippen LogP contribution in [0.1, 0.15) is 81.1 Å². The summed E-state index contributed by atoms with van der Waals surface area (Å²) in [6, 6.07) is 0. The third-order valence-electron chi connectivity index (χ3n) is 5.00. The van der Waals surface area contributed by atoms with Gasteiger partial charge in [-0.2, -0.15) is 0 Å². The van der Waals surface area contributed by atoms with Gasteiger partial charge in [-0.05, 0) is 38.6 Å². The number of nitrogens with two attached hydrogens (primary N) is 1. The first kappa shape index (κ1) is 14.8. The summed E-state index contributed by atoms with van der Waals surface area (Å²) in [5.74, 6) is 2.33. The molecule has 4 nitrogen and oxygen atoms in total. The molecule has 2 aliphatic rings. The Morgan fingerprint density at radius 3 is 2.48 bits per heavy atom. The average molecular weight is 288 g/mol. The largest absolute Gasteiger partial charge is 0.382 e. The van der Waals surface area contributed by atoms with E-state index < -0.39 is 0 Å². The minimum Gasteiger partial charge on any atom is -0.382 e. The molecule has 2 aliphatic carbocycles. The molecule has 2 fully saturated rings. The smallest absolute Gasteiger partial charge is 0.131 e. The van der Waals surface area contributed by atoms with Gasteiger partial charge in [0.1, 0.15) is 5.82 Å². The van der Waals surface area contributed by atoms with Crippen LogP contribution in [-0.4, -0.2) is 23.1 Å². The second kappa shape index (κ2) is 7.21. The average Bonchev–Trinajstić information content (AvgIpc) is 2.48. The lowest BCUT2D eigenvalue weighted by atomic mass is 9.83. The van der Waals surface area contributed by atoms with Crippen molar-refractivity contribution in [1.82, 2.24) is 9.97 Å². The van der Waals surface area contributed by atoms with Crippen LogP contribution < -0.4 is 11.1 Å². The van der Waals surface area contributed by atoms with Crippen molar-refractivity contribution in [2.75, 3.05) is 18.4 Å². The number of nitrogens with one attached hydrogen (secondary N) is 1. The van der Waals surface area contributed by atoms with Gasteiger partial charge in [-0.25, -0.2) is 9.97 Å². The van der Waals surface area contributed by atoms with E-state index in [9.17, 15) is 0 Å². The van der Waals surface area contributed by atoms with E-state index in [1.54, 1.807) is 0 Å². The van der Waals surface area contributed by atoms with Crippen molar-refractivity contribution < 1.29 is 0 Å². The number of hydrogen-bond donors (Lipinski definition) is 2. The molecule has 0 bridgehead atoms. The van der Waals surface area contributed by atoms with Gasteiger partial charge in [0.05, 0.1) is 17.6 Å². The highest BCUT2D eigenvalue weighted by molar-refractivity contribution is 5.48. The summed E-state index contributed by atoms with van der Waals surface area (Å²) in [4.78, 5) is 9.62. The van der Waals surface area contributed by atoms with Crippen LogP contribution in [0.5, 0.6) is 0 Å². The van der Waals surface area contributed by atoms with Crippen LogP contribution in [0.2, 0.25) is 0 Å². The lowest BCUT2D eigenvalue weighted by molar-refractivity contribution is 0.394. The van der Waals surface area contributed by atoms with Crippen molar-refractivity contribution in [3.8, 4) is 0 Å². The van der Waals surface area contributed by atoms with E-state index in [0.29, 0.717) is 11.8 Å². The number of rotatable bonds is 6. The number of aromatic nitrogens is 2. The van der Waals surface area contributed by atoms with Crippen LogP contribution in [0.25, 0.3) is 0 Å². The Hall–Kier alpha value is -1.16. The zero-order valence-electron chi connectivity index (χ0n) is 13.0. The number of nitrogens with zero attached hydrogens (tertiary/aromatic N) is 2. The summed E-state index contributed by atoms with van der Waals surface area (Å²) in [5.41, 5.74) is 8.02. The van der Waals surface area contributed by atoms with Gasteiger partial charge in [-0.3, -0.25) is 0 Å². The molecule has 0 radical (unpaired) electrons. The molecule has 21 heavy (non-hydrogen) atoms. The third-order valence-corrected chi connectivity index (χ3v) is 5.00. The molecule has 0 aliphatic heterocycles. The molecular formula is C17H28N4. The first-order valence-electron chi connectivity index (χ1n) is 8.69. The summed E-state index contributed by atoms with van der Waals surface area (Å²) in [5, 5.41) is 3.51. The summed E-state index contributed by atoms with van der Waals surface area (Å²) < 4.78 is 0. The Bertz CT molecular complexity index is 450. The molecule has 0 atom stereocenters. The molecule has 0 aromatic carbocycles. The second-order valence-electron chi connectivity index (χ2n) is 6.56. The summed E-state index contributed by atoms with van der Waals surface area (Å²) >= 11 is 0. The lowest BCUT2D eigenvalue weighted by Gasteiger charge is -2.27. The molecule has 0 amide bonds. The normalized spacial score (nSPS) is 20.2. The first-order valence-corrected chi connectivity index (χ1v) is 8.69. The molecule has 3 rings (SSSR count). The van der Waals surface area contributed by atoms with Gasteiger partial charge in [-0.1, -0.05) is 25.7 Å². The zero-order chi connectivity index (χ0) is 14.5. The Labute approximate surface area is 127 Å². The Morgan fingerprint density at radius 1 is 1.05 bits per heavy atom. The molecule has 116 valence electrons. The van der Waals surface area contributed by atoms with Crippen molar-refractivity contribution in [2.24, 2.45) is 5.73 Å². The number of hydrogen-bond acceptors (Lipinski definition) is 4. The van der Waals surface area contributed by atoms with Gasteiger partial charge >= 0.3 is 0 Å². The molecule has 3 N–H and O–H groups in total. The van der Waals surface area contributed by atoms with Gasteiger partial charge in [0, 0.05) is 18.4 Å². The highest BCUT2D eigenvalue weighted by Crippen LogP contribution is 2.38. The molecule has 2 saturated carbocycles. The van der Waals surface area contributed by atoms with Gasteiger partial charge in [-0.15, -0.1) is 0 Å². The van der Waals surface area contributed by atoms with Crippen LogP contribution in [0.4, 0.5) is 5.69 Å². The topological polar surface area (TPSA) is 63.8 Å². The molecular weight excluding hydrogens is 260 g/mol. The summed E-state index contributed by atoms with van der Waals surface area (Å²) in [6.07, 6.45) is 13.5. The maximum atomic E-state index is 5.59. The van der Waals surface area contributed by atoms with E-state index in [-0.39, 0.29) is 0 Å². The predicted molar refractivity (Wildman–Crippen MR) is 86.6 cm³/mol. The van der Waals surface area contributed by atoms with E-state index in [0.717, 1.165) is 31.0 Å². The van der Waals surface area contributed by atoms with Crippen LogP contribution in [0.15, 0.2) is 6.20 Å². The van der Waals surface area contributed by atoms with E-state index in [1.807, 2.05) is 6.20 Å². The Balaban J connectivity index is 1.79.